The third kappa shape index (κ3) is 4.80. The van der Waals surface area contributed by atoms with Gasteiger partial charge in [0.1, 0.15) is 5.75 Å². The Morgan fingerprint density at radius 1 is 1.33 bits per heavy atom. The van der Waals surface area contributed by atoms with E-state index in [1.165, 1.54) is 12.1 Å². The zero-order valence-corrected chi connectivity index (χ0v) is 11.1. The summed E-state index contributed by atoms with van der Waals surface area (Å²) in [6.07, 6.45) is -2.36. The number of benzene rings is 1. The number of thiol groups is 1. The van der Waals surface area contributed by atoms with Crippen LogP contribution in [0.15, 0.2) is 24.3 Å². The molecule has 5 heteroatoms. The minimum atomic E-state index is -4.33. The van der Waals surface area contributed by atoms with Gasteiger partial charge >= 0.3 is 6.18 Å². The average Bonchev–Trinajstić information content (AvgIpc) is 2.34. The van der Waals surface area contributed by atoms with Crippen molar-refractivity contribution in [3.8, 4) is 5.75 Å². The zero-order chi connectivity index (χ0) is 13.6. The summed E-state index contributed by atoms with van der Waals surface area (Å²) in [4.78, 5) is 0. The summed E-state index contributed by atoms with van der Waals surface area (Å²) < 4.78 is 42.9. The maximum atomic E-state index is 12.5. The van der Waals surface area contributed by atoms with Gasteiger partial charge in [-0.2, -0.15) is 25.8 Å². The standard InChI is InChI=1S/C13H17F3OS/c1-2-4-10(9-18)8-17-12-6-3-5-11(7-12)13(14,15)16/h3,5-7,10,18H,2,4,8-9H2,1H3. The first-order valence-electron chi connectivity index (χ1n) is 5.88. The highest BCUT2D eigenvalue weighted by Gasteiger charge is 2.30. The number of rotatable bonds is 6. The second kappa shape index (κ2) is 6.92. The number of alkyl halides is 3. The Bertz CT molecular complexity index is 365. The Labute approximate surface area is 111 Å². The fraction of sp³-hybridized carbons (Fsp3) is 0.538. The molecule has 0 N–H and O–H groups in total. The van der Waals surface area contributed by atoms with Gasteiger partial charge < -0.3 is 4.74 Å². The Morgan fingerprint density at radius 2 is 2.06 bits per heavy atom. The van der Waals surface area contributed by atoms with Gasteiger partial charge in [0.15, 0.2) is 0 Å². The monoisotopic (exact) mass is 278 g/mol. The van der Waals surface area contributed by atoms with Crippen LogP contribution in [0.2, 0.25) is 0 Å². The molecule has 1 aromatic rings. The van der Waals surface area contributed by atoms with Gasteiger partial charge in [-0.25, -0.2) is 0 Å². The van der Waals surface area contributed by atoms with E-state index in [2.05, 4.69) is 19.6 Å². The first-order valence-corrected chi connectivity index (χ1v) is 6.51. The molecular weight excluding hydrogens is 261 g/mol. The molecule has 0 saturated heterocycles. The van der Waals surface area contributed by atoms with Crippen molar-refractivity contribution in [1.82, 2.24) is 0 Å². The predicted octanol–water partition coefficient (Wildman–Crippen LogP) is 4.43. The quantitative estimate of drug-likeness (QED) is 0.757. The van der Waals surface area contributed by atoms with Crippen LogP contribution in [0.3, 0.4) is 0 Å². The average molecular weight is 278 g/mol. The Hall–Kier alpha value is -0.840. The molecule has 0 aliphatic heterocycles. The molecule has 1 unspecified atom stereocenters. The van der Waals surface area contributed by atoms with E-state index < -0.39 is 11.7 Å². The molecule has 0 bridgehead atoms. The third-order valence-corrected chi connectivity index (χ3v) is 3.12. The SMILES string of the molecule is CCCC(CS)COc1cccc(C(F)(F)F)c1. The zero-order valence-electron chi connectivity index (χ0n) is 10.2. The fourth-order valence-electron chi connectivity index (χ4n) is 1.61. The van der Waals surface area contributed by atoms with Crippen molar-refractivity contribution < 1.29 is 17.9 Å². The van der Waals surface area contributed by atoms with Gasteiger partial charge in [-0.05, 0) is 30.4 Å². The molecule has 0 aliphatic rings. The first kappa shape index (κ1) is 15.2. The first-order chi connectivity index (χ1) is 8.47. The maximum Gasteiger partial charge on any atom is 0.416 e. The van der Waals surface area contributed by atoms with E-state index >= 15 is 0 Å². The molecule has 1 atom stereocenters. The van der Waals surface area contributed by atoms with Crippen molar-refractivity contribution in [2.45, 2.75) is 25.9 Å². The van der Waals surface area contributed by atoms with Gasteiger partial charge in [0.2, 0.25) is 0 Å². The lowest BCUT2D eigenvalue weighted by Crippen LogP contribution is -2.14. The molecule has 0 fully saturated rings. The highest BCUT2D eigenvalue weighted by atomic mass is 32.1. The predicted molar refractivity (Wildman–Crippen MR) is 69.2 cm³/mol. The molecule has 0 aromatic heterocycles. The molecule has 1 nitrogen and oxygen atoms in total. The van der Waals surface area contributed by atoms with Crippen LogP contribution in [0, 0.1) is 5.92 Å². The van der Waals surface area contributed by atoms with Crippen LogP contribution < -0.4 is 4.74 Å². The minimum absolute atomic E-state index is 0.257. The molecule has 0 radical (unpaired) electrons. The number of hydrogen-bond acceptors (Lipinski definition) is 2. The lowest BCUT2D eigenvalue weighted by Gasteiger charge is -2.15. The summed E-state index contributed by atoms with van der Waals surface area (Å²) in [5.41, 5.74) is -0.682. The molecule has 18 heavy (non-hydrogen) atoms. The molecule has 1 aromatic carbocycles. The summed E-state index contributed by atoms with van der Waals surface area (Å²) in [7, 11) is 0. The van der Waals surface area contributed by atoms with Crippen LogP contribution in [0.5, 0.6) is 5.75 Å². The smallest absolute Gasteiger partial charge is 0.416 e. The van der Waals surface area contributed by atoms with Crippen molar-refractivity contribution in [2.24, 2.45) is 5.92 Å². The van der Waals surface area contributed by atoms with Gasteiger partial charge in [0, 0.05) is 5.92 Å². The number of ether oxygens (including phenoxy) is 1. The molecule has 0 aliphatic carbocycles. The molecule has 102 valence electrons. The fourth-order valence-corrected chi connectivity index (χ4v) is 1.90. The van der Waals surface area contributed by atoms with Crippen molar-refractivity contribution in [2.75, 3.05) is 12.4 Å². The number of hydrogen-bond donors (Lipinski definition) is 1. The molecular formula is C13H17F3OS. The second-order valence-electron chi connectivity index (χ2n) is 4.17. The molecule has 0 saturated carbocycles. The molecule has 0 heterocycles. The summed E-state index contributed by atoms with van der Waals surface area (Å²) >= 11 is 4.20. The second-order valence-corrected chi connectivity index (χ2v) is 4.54. The van der Waals surface area contributed by atoms with E-state index in [1.807, 2.05) is 0 Å². The van der Waals surface area contributed by atoms with Gasteiger partial charge in [-0.3, -0.25) is 0 Å². The maximum absolute atomic E-state index is 12.5. The van der Waals surface area contributed by atoms with E-state index in [1.54, 1.807) is 0 Å². The van der Waals surface area contributed by atoms with E-state index in [0.717, 1.165) is 25.0 Å². The van der Waals surface area contributed by atoms with Crippen molar-refractivity contribution in [3.63, 3.8) is 0 Å². The van der Waals surface area contributed by atoms with Crippen molar-refractivity contribution in [3.05, 3.63) is 29.8 Å². The van der Waals surface area contributed by atoms with Gasteiger partial charge in [-0.1, -0.05) is 19.4 Å². The largest absolute Gasteiger partial charge is 0.493 e. The minimum Gasteiger partial charge on any atom is -0.493 e. The third-order valence-electron chi connectivity index (χ3n) is 2.60. The normalized spacial score (nSPS) is 13.4. The Kier molecular flexibility index (Phi) is 5.85. The lowest BCUT2D eigenvalue weighted by atomic mass is 10.1. The molecule has 1 rings (SSSR count). The highest BCUT2D eigenvalue weighted by molar-refractivity contribution is 7.80. The van der Waals surface area contributed by atoms with E-state index in [4.69, 9.17) is 4.74 Å². The molecule has 0 spiro atoms. The van der Waals surface area contributed by atoms with Gasteiger partial charge in [0.05, 0.1) is 12.2 Å². The lowest BCUT2D eigenvalue weighted by molar-refractivity contribution is -0.137. The van der Waals surface area contributed by atoms with Crippen LogP contribution in [0.25, 0.3) is 0 Å². The summed E-state index contributed by atoms with van der Waals surface area (Å²) in [5.74, 6) is 1.20. The van der Waals surface area contributed by atoms with Crippen LogP contribution in [0.4, 0.5) is 13.2 Å². The van der Waals surface area contributed by atoms with E-state index in [0.29, 0.717) is 12.4 Å². The molecule has 0 amide bonds. The highest BCUT2D eigenvalue weighted by Crippen LogP contribution is 2.31. The number of halogens is 3. The van der Waals surface area contributed by atoms with Crippen LogP contribution in [-0.2, 0) is 6.18 Å². The van der Waals surface area contributed by atoms with Gasteiger partial charge in [0.25, 0.3) is 0 Å². The summed E-state index contributed by atoms with van der Waals surface area (Å²) in [6.45, 7) is 2.46. The van der Waals surface area contributed by atoms with Gasteiger partial charge in [-0.15, -0.1) is 0 Å². The topological polar surface area (TPSA) is 9.23 Å². The van der Waals surface area contributed by atoms with Crippen molar-refractivity contribution in [1.29, 1.82) is 0 Å². The van der Waals surface area contributed by atoms with Crippen molar-refractivity contribution >= 4 is 12.6 Å². The van der Waals surface area contributed by atoms with Crippen LogP contribution in [-0.4, -0.2) is 12.4 Å². The van der Waals surface area contributed by atoms with Crippen LogP contribution >= 0.6 is 12.6 Å². The van der Waals surface area contributed by atoms with Crippen LogP contribution in [0.1, 0.15) is 25.3 Å². The Balaban J connectivity index is 2.62. The van der Waals surface area contributed by atoms with E-state index in [9.17, 15) is 13.2 Å². The summed E-state index contributed by atoms with van der Waals surface area (Å²) in [6, 6.07) is 4.96. The van der Waals surface area contributed by atoms with E-state index in [-0.39, 0.29) is 11.7 Å². The Morgan fingerprint density at radius 3 is 2.61 bits per heavy atom. The summed E-state index contributed by atoms with van der Waals surface area (Å²) in [5, 5.41) is 0.